The van der Waals surface area contributed by atoms with Crippen molar-refractivity contribution in [3.8, 4) is 17.2 Å². The highest BCUT2D eigenvalue weighted by molar-refractivity contribution is 5.87. The first-order chi connectivity index (χ1) is 14.8. The average molecular weight is 422 g/mol. The molecular formula is C24H26N2O5. The number of nitrogens with zero attached hydrogens (tertiary/aromatic N) is 1. The minimum Gasteiger partial charge on any atom is -0.490 e. The zero-order valence-corrected chi connectivity index (χ0v) is 17.8. The molecule has 0 fully saturated rings. The van der Waals surface area contributed by atoms with Crippen molar-refractivity contribution in [1.82, 2.24) is 9.78 Å². The number of aromatic carboxylic acids is 1. The predicted octanol–water partition coefficient (Wildman–Crippen LogP) is 2.54. The Labute approximate surface area is 179 Å². The highest BCUT2D eigenvalue weighted by Gasteiger charge is 2.09. The van der Waals surface area contributed by atoms with E-state index in [9.17, 15) is 9.59 Å². The van der Waals surface area contributed by atoms with Crippen molar-refractivity contribution >= 4 is 18.6 Å². The van der Waals surface area contributed by atoms with Gasteiger partial charge in [-0.3, -0.25) is 9.89 Å². The normalized spacial score (nSPS) is 11.7. The number of nitrogens with one attached hydrogen (secondary N) is 1. The Kier molecular flexibility index (Phi) is 6.65. The summed E-state index contributed by atoms with van der Waals surface area (Å²) in [6.07, 6.45) is 1.73. The fourth-order valence-corrected chi connectivity index (χ4v) is 3.00. The number of ether oxygens (including phenoxy) is 2. The van der Waals surface area contributed by atoms with Gasteiger partial charge in [-0.25, -0.2) is 9.48 Å². The van der Waals surface area contributed by atoms with E-state index in [0.29, 0.717) is 46.9 Å². The molecule has 162 valence electrons. The first-order valence-corrected chi connectivity index (χ1v) is 10.0. The van der Waals surface area contributed by atoms with Crippen molar-refractivity contribution in [2.75, 3.05) is 13.2 Å². The number of benzene rings is 2. The summed E-state index contributed by atoms with van der Waals surface area (Å²) in [5.41, 5.74) is 1.15. The maximum absolute atomic E-state index is 13.0. The van der Waals surface area contributed by atoms with Crippen molar-refractivity contribution < 1.29 is 19.4 Å². The lowest BCUT2D eigenvalue weighted by Gasteiger charge is -2.13. The molecular weight excluding hydrogens is 396 g/mol. The Morgan fingerprint density at radius 3 is 2.48 bits per heavy atom. The van der Waals surface area contributed by atoms with Crippen LogP contribution < -0.4 is 25.6 Å². The SMILES string of the molecule is C=c1[nH]n(-c2ccc(C(=O)O)cc2)c(=O)/c1=C/c1ccc(OCC(C)C)c(OCC)c1. The molecule has 3 aromatic rings. The van der Waals surface area contributed by atoms with Crippen LogP contribution in [-0.2, 0) is 0 Å². The van der Waals surface area contributed by atoms with Gasteiger partial charge in [-0.2, -0.15) is 0 Å². The molecule has 0 aliphatic heterocycles. The Morgan fingerprint density at radius 1 is 1.16 bits per heavy atom. The van der Waals surface area contributed by atoms with Gasteiger partial charge in [0.2, 0.25) is 0 Å². The van der Waals surface area contributed by atoms with Crippen molar-refractivity contribution in [2.24, 2.45) is 5.92 Å². The summed E-state index contributed by atoms with van der Waals surface area (Å²) in [5, 5.41) is 12.8. The third-order valence-electron chi connectivity index (χ3n) is 4.53. The van der Waals surface area contributed by atoms with E-state index in [0.717, 1.165) is 5.56 Å². The molecule has 0 spiro atoms. The van der Waals surface area contributed by atoms with Crippen molar-refractivity contribution in [3.05, 3.63) is 74.5 Å². The van der Waals surface area contributed by atoms with E-state index in [4.69, 9.17) is 14.6 Å². The van der Waals surface area contributed by atoms with Crippen LogP contribution in [0, 0.1) is 5.92 Å². The number of hydrogen-bond acceptors (Lipinski definition) is 4. The van der Waals surface area contributed by atoms with Crippen molar-refractivity contribution in [3.63, 3.8) is 0 Å². The molecule has 0 atom stereocenters. The van der Waals surface area contributed by atoms with Gasteiger partial charge in [0.05, 0.1) is 35.0 Å². The van der Waals surface area contributed by atoms with Gasteiger partial charge in [0.1, 0.15) is 0 Å². The molecule has 0 amide bonds. The molecule has 0 unspecified atom stereocenters. The van der Waals surface area contributed by atoms with Crippen LogP contribution >= 0.6 is 0 Å². The first-order valence-electron chi connectivity index (χ1n) is 10.0. The second kappa shape index (κ2) is 9.38. The molecule has 0 radical (unpaired) electrons. The maximum Gasteiger partial charge on any atom is 0.335 e. The van der Waals surface area contributed by atoms with Gasteiger partial charge in [0, 0.05) is 0 Å². The standard InChI is InChI=1S/C24H26N2O5/c1-5-30-22-13-17(6-11-21(22)31-14-15(2)3)12-20-16(4)25-26(23(20)27)19-9-7-18(8-10-19)24(28)29/h6-13,15,25H,4-5,14H2,1-3H3,(H,28,29)/b20-12+. The minimum atomic E-state index is -1.02. The van der Waals surface area contributed by atoms with Crippen LogP contribution in [0.4, 0.5) is 0 Å². The number of carbonyl (C=O) groups is 1. The summed E-state index contributed by atoms with van der Waals surface area (Å²) in [6.45, 7) is 11.1. The number of aromatic nitrogens is 2. The Morgan fingerprint density at radius 2 is 1.87 bits per heavy atom. The smallest absolute Gasteiger partial charge is 0.335 e. The number of aromatic amines is 1. The number of H-pyrrole nitrogens is 1. The zero-order chi connectivity index (χ0) is 22.5. The highest BCUT2D eigenvalue weighted by atomic mass is 16.5. The third kappa shape index (κ3) is 5.06. The zero-order valence-electron chi connectivity index (χ0n) is 17.8. The fraction of sp³-hybridized carbons (Fsp3) is 0.250. The van der Waals surface area contributed by atoms with E-state index in [2.05, 4.69) is 25.5 Å². The van der Waals surface area contributed by atoms with Gasteiger partial charge < -0.3 is 14.6 Å². The monoisotopic (exact) mass is 422 g/mol. The molecule has 2 N–H and O–H groups in total. The molecule has 0 saturated heterocycles. The van der Waals surface area contributed by atoms with Gasteiger partial charge in [-0.1, -0.05) is 26.5 Å². The van der Waals surface area contributed by atoms with Crippen LogP contribution in [0.3, 0.4) is 0 Å². The lowest BCUT2D eigenvalue weighted by molar-refractivity contribution is 0.0697. The summed E-state index contributed by atoms with van der Waals surface area (Å²) in [7, 11) is 0. The number of carboxylic acids is 1. The molecule has 2 aromatic carbocycles. The first kappa shape index (κ1) is 22.0. The number of carboxylic acid groups (broad SMARTS) is 1. The van der Waals surface area contributed by atoms with E-state index < -0.39 is 5.97 Å². The van der Waals surface area contributed by atoms with Gasteiger partial charge in [0.25, 0.3) is 5.56 Å². The lowest BCUT2D eigenvalue weighted by Crippen LogP contribution is -2.33. The topological polar surface area (TPSA) is 93.6 Å². The van der Waals surface area contributed by atoms with E-state index in [1.54, 1.807) is 18.2 Å². The van der Waals surface area contributed by atoms with Crippen LogP contribution in [0.5, 0.6) is 11.5 Å². The van der Waals surface area contributed by atoms with Gasteiger partial charge in [-0.15, -0.1) is 0 Å². The van der Waals surface area contributed by atoms with Crippen LogP contribution in [-0.4, -0.2) is 34.1 Å². The Balaban J connectivity index is 2.00. The van der Waals surface area contributed by atoms with Gasteiger partial charge in [-0.05, 0) is 60.9 Å². The molecule has 1 aromatic heterocycles. The molecule has 0 saturated carbocycles. The Hall–Kier alpha value is -3.74. The van der Waals surface area contributed by atoms with Crippen LogP contribution in [0.2, 0.25) is 0 Å². The van der Waals surface area contributed by atoms with Crippen molar-refractivity contribution in [1.29, 1.82) is 0 Å². The molecule has 3 rings (SSSR count). The van der Waals surface area contributed by atoms with E-state index in [1.807, 2.05) is 25.1 Å². The van der Waals surface area contributed by atoms with Crippen molar-refractivity contribution in [2.45, 2.75) is 20.8 Å². The van der Waals surface area contributed by atoms with E-state index >= 15 is 0 Å². The molecule has 0 aliphatic rings. The number of rotatable bonds is 8. The molecule has 7 nitrogen and oxygen atoms in total. The Bertz CT molecular complexity index is 1240. The van der Waals surface area contributed by atoms with Gasteiger partial charge >= 0.3 is 5.97 Å². The second-order valence-electron chi connectivity index (χ2n) is 7.48. The second-order valence-corrected chi connectivity index (χ2v) is 7.48. The molecule has 1 heterocycles. The third-order valence-corrected chi connectivity index (χ3v) is 4.53. The average Bonchev–Trinajstić information content (AvgIpc) is 3.01. The highest BCUT2D eigenvalue weighted by Crippen LogP contribution is 2.29. The summed E-state index contributed by atoms with van der Waals surface area (Å²) in [6, 6.07) is 11.5. The molecule has 0 bridgehead atoms. The maximum atomic E-state index is 13.0. The summed E-state index contributed by atoms with van der Waals surface area (Å²) in [5.74, 6) is 0.635. The predicted molar refractivity (Wildman–Crippen MR) is 120 cm³/mol. The van der Waals surface area contributed by atoms with Crippen LogP contribution in [0.25, 0.3) is 18.3 Å². The summed E-state index contributed by atoms with van der Waals surface area (Å²) < 4.78 is 12.9. The minimum absolute atomic E-state index is 0.146. The quantitative estimate of drug-likeness (QED) is 0.582. The van der Waals surface area contributed by atoms with Crippen LogP contribution in [0.15, 0.2) is 47.3 Å². The fourth-order valence-electron chi connectivity index (χ4n) is 3.00. The van der Waals surface area contributed by atoms with Gasteiger partial charge in [0.15, 0.2) is 11.5 Å². The summed E-state index contributed by atoms with van der Waals surface area (Å²) >= 11 is 0. The molecule has 31 heavy (non-hydrogen) atoms. The van der Waals surface area contributed by atoms with Crippen LogP contribution in [0.1, 0.15) is 36.7 Å². The van der Waals surface area contributed by atoms with E-state index in [1.165, 1.54) is 16.8 Å². The largest absolute Gasteiger partial charge is 0.490 e. The number of hydrogen-bond donors (Lipinski definition) is 2. The molecule has 0 aliphatic carbocycles. The molecule has 7 heteroatoms. The van der Waals surface area contributed by atoms with E-state index in [-0.39, 0.29) is 11.1 Å². The lowest BCUT2D eigenvalue weighted by atomic mass is 10.1. The summed E-state index contributed by atoms with van der Waals surface area (Å²) in [4.78, 5) is 24.0.